The van der Waals surface area contributed by atoms with Crippen molar-refractivity contribution < 1.29 is 4.79 Å². The van der Waals surface area contributed by atoms with Gasteiger partial charge in [-0.1, -0.05) is 43.2 Å². The van der Waals surface area contributed by atoms with Crippen molar-refractivity contribution in [1.82, 2.24) is 15.5 Å². The van der Waals surface area contributed by atoms with Crippen LogP contribution < -0.4 is 11.1 Å². The number of nitrogen functional groups attached to an aromatic ring is 1. The predicted molar refractivity (Wildman–Crippen MR) is 84.2 cm³/mol. The van der Waals surface area contributed by atoms with Crippen molar-refractivity contribution in [3.05, 3.63) is 46.8 Å². The molecule has 0 aliphatic carbocycles. The summed E-state index contributed by atoms with van der Waals surface area (Å²) in [6.45, 7) is 4.68. The molecule has 0 atom stereocenters. The highest BCUT2D eigenvalue weighted by Gasteiger charge is 2.16. The fourth-order valence-electron chi connectivity index (χ4n) is 2.27. The highest BCUT2D eigenvalue weighted by atomic mass is 16.1. The average molecular weight is 286 g/mol. The van der Waals surface area contributed by atoms with Crippen molar-refractivity contribution in [3.63, 3.8) is 0 Å². The Kier molecular flexibility index (Phi) is 4.98. The number of aryl methyl sites for hydroxylation is 2. The second-order valence-electron chi connectivity index (χ2n) is 5.21. The highest BCUT2D eigenvalue weighted by Crippen LogP contribution is 2.15. The Morgan fingerprint density at radius 1 is 1.38 bits per heavy atom. The third kappa shape index (κ3) is 3.84. The molecular formula is C16H22N4O. The molecule has 4 N–H and O–H groups in total. The molecule has 0 unspecified atom stereocenters. The van der Waals surface area contributed by atoms with Crippen LogP contribution in [-0.2, 0) is 12.8 Å². The molecule has 21 heavy (non-hydrogen) atoms. The lowest BCUT2D eigenvalue weighted by Crippen LogP contribution is -2.26. The molecule has 1 amide bonds. The van der Waals surface area contributed by atoms with Gasteiger partial charge in [0.15, 0.2) is 5.69 Å². The molecule has 0 saturated heterocycles. The summed E-state index contributed by atoms with van der Waals surface area (Å²) in [5.74, 6) is -0.223. The van der Waals surface area contributed by atoms with Crippen LogP contribution in [0.1, 0.15) is 40.7 Å². The molecule has 0 aliphatic heterocycles. The van der Waals surface area contributed by atoms with Gasteiger partial charge in [0.05, 0.1) is 11.4 Å². The van der Waals surface area contributed by atoms with Crippen molar-refractivity contribution in [2.75, 3.05) is 12.3 Å². The monoisotopic (exact) mass is 286 g/mol. The summed E-state index contributed by atoms with van der Waals surface area (Å²) in [5, 5.41) is 9.71. The Hall–Kier alpha value is -2.30. The molecule has 2 aromatic rings. The van der Waals surface area contributed by atoms with Crippen LogP contribution >= 0.6 is 0 Å². The Balaban J connectivity index is 1.90. The molecule has 0 fully saturated rings. The number of hydrogen-bond donors (Lipinski definition) is 3. The molecule has 112 valence electrons. The number of nitrogens with one attached hydrogen (secondary N) is 2. The van der Waals surface area contributed by atoms with Gasteiger partial charge in [0, 0.05) is 6.54 Å². The Morgan fingerprint density at radius 3 is 2.90 bits per heavy atom. The molecule has 1 heterocycles. The molecule has 2 rings (SSSR count). The summed E-state index contributed by atoms with van der Waals surface area (Å²) in [7, 11) is 0. The zero-order valence-electron chi connectivity index (χ0n) is 12.6. The van der Waals surface area contributed by atoms with Crippen molar-refractivity contribution in [1.29, 1.82) is 0 Å². The van der Waals surface area contributed by atoms with Gasteiger partial charge in [-0.15, -0.1) is 0 Å². The zero-order valence-corrected chi connectivity index (χ0v) is 12.6. The maximum Gasteiger partial charge on any atom is 0.273 e. The topological polar surface area (TPSA) is 83.8 Å². The fraction of sp³-hybridized carbons (Fsp3) is 0.375. The molecule has 0 radical (unpaired) electrons. The van der Waals surface area contributed by atoms with Crippen molar-refractivity contribution in [3.8, 4) is 0 Å². The number of nitrogens with zero attached hydrogens (tertiary/aromatic N) is 1. The van der Waals surface area contributed by atoms with Gasteiger partial charge in [-0.2, -0.15) is 5.10 Å². The van der Waals surface area contributed by atoms with Gasteiger partial charge in [-0.3, -0.25) is 9.89 Å². The van der Waals surface area contributed by atoms with E-state index < -0.39 is 0 Å². The van der Waals surface area contributed by atoms with Gasteiger partial charge in [0.25, 0.3) is 5.91 Å². The minimum atomic E-state index is -0.223. The molecule has 1 aromatic heterocycles. The van der Waals surface area contributed by atoms with E-state index in [1.807, 2.05) is 6.07 Å². The third-order valence-corrected chi connectivity index (χ3v) is 3.38. The molecule has 0 aliphatic rings. The van der Waals surface area contributed by atoms with Crippen LogP contribution in [0.3, 0.4) is 0 Å². The number of aromatic nitrogens is 2. The zero-order chi connectivity index (χ0) is 15.2. The van der Waals surface area contributed by atoms with Gasteiger partial charge >= 0.3 is 0 Å². The minimum Gasteiger partial charge on any atom is -0.395 e. The fourth-order valence-corrected chi connectivity index (χ4v) is 2.27. The van der Waals surface area contributed by atoms with E-state index in [0.717, 1.165) is 25.0 Å². The first-order chi connectivity index (χ1) is 10.1. The van der Waals surface area contributed by atoms with E-state index in [4.69, 9.17) is 5.73 Å². The maximum absolute atomic E-state index is 12.1. The maximum atomic E-state index is 12.1. The van der Waals surface area contributed by atoms with E-state index in [1.54, 1.807) is 0 Å². The average Bonchev–Trinajstić information content (AvgIpc) is 2.81. The first kappa shape index (κ1) is 15.1. The van der Waals surface area contributed by atoms with E-state index in [1.165, 1.54) is 11.1 Å². The van der Waals surface area contributed by atoms with Crippen molar-refractivity contribution in [2.45, 2.75) is 33.1 Å². The van der Waals surface area contributed by atoms with E-state index in [0.29, 0.717) is 17.9 Å². The third-order valence-electron chi connectivity index (χ3n) is 3.38. The minimum absolute atomic E-state index is 0.223. The number of carbonyl (C=O) groups is 1. The lowest BCUT2D eigenvalue weighted by atomic mass is 10.1. The van der Waals surface area contributed by atoms with E-state index in [-0.39, 0.29) is 5.91 Å². The van der Waals surface area contributed by atoms with Crippen molar-refractivity contribution in [2.24, 2.45) is 0 Å². The molecular weight excluding hydrogens is 264 g/mol. The van der Waals surface area contributed by atoms with Crippen LogP contribution in [-0.4, -0.2) is 22.6 Å². The van der Waals surface area contributed by atoms with E-state index in [9.17, 15) is 4.79 Å². The van der Waals surface area contributed by atoms with Gasteiger partial charge in [-0.25, -0.2) is 0 Å². The van der Waals surface area contributed by atoms with E-state index >= 15 is 0 Å². The molecule has 1 aromatic carbocycles. The molecule has 5 nitrogen and oxygen atoms in total. The summed E-state index contributed by atoms with van der Waals surface area (Å²) in [5.41, 5.74) is 9.96. The molecule has 0 saturated carbocycles. The number of amides is 1. The number of anilines is 1. The van der Waals surface area contributed by atoms with Gasteiger partial charge < -0.3 is 11.1 Å². The Bertz CT molecular complexity index is 618. The number of H-pyrrole nitrogens is 1. The Morgan fingerprint density at radius 2 is 2.19 bits per heavy atom. The van der Waals surface area contributed by atoms with Gasteiger partial charge in [0.1, 0.15) is 0 Å². The number of nitrogens with two attached hydrogens (primary N) is 1. The summed E-state index contributed by atoms with van der Waals surface area (Å²) < 4.78 is 0. The van der Waals surface area contributed by atoms with Gasteiger partial charge in [-0.05, 0) is 25.3 Å². The second kappa shape index (κ2) is 6.92. The number of hydrogen-bond acceptors (Lipinski definition) is 3. The Labute approximate surface area is 124 Å². The molecule has 0 spiro atoms. The smallest absolute Gasteiger partial charge is 0.273 e. The van der Waals surface area contributed by atoms with Crippen LogP contribution in [0.25, 0.3) is 0 Å². The number of carbonyl (C=O) groups excluding carboxylic acids is 1. The standard InChI is InChI=1S/C16H22N4O/c1-3-5-13-14(17)15(20-19-13)16(21)18-9-8-12-7-4-6-11(2)10-12/h4,6-7,10H,3,5,8-9,17H2,1-2H3,(H,18,21)(H,19,20). The first-order valence-corrected chi connectivity index (χ1v) is 7.28. The second-order valence-corrected chi connectivity index (χ2v) is 5.21. The van der Waals surface area contributed by atoms with Crippen LogP contribution in [0.2, 0.25) is 0 Å². The number of aromatic amines is 1. The number of benzene rings is 1. The number of rotatable bonds is 6. The van der Waals surface area contributed by atoms with Crippen LogP contribution in [0.15, 0.2) is 24.3 Å². The summed E-state index contributed by atoms with van der Waals surface area (Å²) in [6.07, 6.45) is 2.55. The quantitative estimate of drug-likeness (QED) is 0.761. The predicted octanol–water partition coefficient (Wildman–Crippen LogP) is 2.23. The summed E-state index contributed by atoms with van der Waals surface area (Å²) in [6, 6.07) is 8.26. The first-order valence-electron chi connectivity index (χ1n) is 7.28. The summed E-state index contributed by atoms with van der Waals surface area (Å²) in [4.78, 5) is 12.1. The largest absolute Gasteiger partial charge is 0.395 e. The lowest BCUT2D eigenvalue weighted by Gasteiger charge is -2.05. The van der Waals surface area contributed by atoms with Crippen LogP contribution in [0.4, 0.5) is 5.69 Å². The normalized spacial score (nSPS) is 10.6. The lowest BCUT2D eigenvalue weighted by molar-refractivity contribution is 0.0950. The molecule has 0 bridgehead atoms. The molecule has 5 heteroatoms. The van der Waals surface area contributed by atoms with E-state index in [2.05, 4.69) is 47.6 Å². The highest BCUT2D eigenvalue weighted by molar-refractivity contribution is 5.97. The van der Waals surface area contributed by atoms with Gasteiger partial charge in [0.2, 0.25) is 0 Å². The summed E-state index contributed by atoms with van der Waals surface area (Å²) >= 11 is 0. The van der Waals surface area contributed by atoms with Crippen molar-refractivity contribution >= 4 is 11.6 Å². The SMILES string of the molecule is CCCc1[nH]nc(C(=O)NCCc2cccc(C)c2)c1N. The van der Waals surface area contributed by atoms with Crippen LogP contribution in [0, 0.1) is 6.92 Å². The van der Waals surface area contributed by atoms with Crippen LogP contribution in [0.5, 0.6) is 0 Å².